The van der Waals surface area contributed by atoms with Crippen molar-refractivity contribution in [3.63, 3.8) is 0 Å². The lowest BCUT2D eigenvalue weighted by Crippen LogP contribution is -2.30. The molecule has 0 aliphatic heterocycles. The lowest BCUT2D eigenvalue weighted by Gasteiger charge is -2.14. The fourth-order valence-corrected chi connectivity index (χ4v) is 5.00. The van der Waals surface area contributed by atoms with Crippen LogP contribution >= 0.6 is 11.3 Å². The van der Waals surface area contributed by atoms with Crippen LogP contribution in [-0.4, -0.2) is 29.6 Å². The summed E-state index contributed by atoms with van der Waals surface area (Å²) in [5.41, 5.74) is 0. The monoisotopic (exact) mass is 335 g/mol. The first-order chi connectivity index (χ1) is 9.31. The van der Waals surface area contributed by atoms with Crippen LogP contribution in [0.4, 0.5) is 0 Å². The Labute approximate surface area is 121 Å². The summed E-state index contributed by atoms with van der Waals surface area (Å²) in [6, 6.07) is 6.18. The zero-order valence-electron chi connectivity index (χ0n) is 10.5. The van der Waals surface area contributed by atoms with E-state index in [0.717, 1.165) is 17.6 Å². The van der Waals surface area contributed by atoms with Crippen LogP contribution in [0, 0.1) is 0 Å². The molecule has 2 aromatic rings. The third-order valence-electron chi connectivity index (χ3n) is 2.54. The van der Waals surface area contributed by atoms with Gasteiger partial charge in [0.15, 0.2) is 9.84 Å². The summed E-state index contributed by atoms with van der Waals surface area (Å²) in [5, 5.41) is 0.557. The molecular formula is C11H13NO5S3. The molecule has 0 saturated heterocycles. The van der Waals surface area contributed by atoms with Crippen molar-refractivity contribution < 1.29 is 21.3 Å². The third kappa shape index (κ3) is 3.48. The minimum absolute atomic E-state index is 0.175. The predicted molar refractivity (Wildman–Crippen MR) is 75.8 cm³/mol. The van der Waals surface area contributed by atoms with E-state index in [2.05, 4.69) is 4.72 Å². The minimum Gasteiger partial charge on any atom is -0.468 e. The summed E-state index contributed by atoms with van der Waals surface area (Å²) in [5.74, 6) is 0.203. The summed E-state index contributed by atoms with van der Waals surface area (Å²) in [6.45, 7) is -0.271. The maximum absolute atomic E-state index is 12.5. The first-order valence-electron chi connectivity index (χ1n) is 5.56. The van der Waals surface area contributed by atoms with Gasteiger partial charge in [0.25, 0.3) is 0 Å². The molecule has 9 heteroatoms. The highest BCUT2D eigenvalue weighted by molar-refractivity contribution is 7.93. The van der Waals surface area contributed by atoms with Gasteiger partial charge in [0, 0.05) is 6.54 Å². The van der Waals surface area contributed by atoms with Gasteiger partial charge in [-0.15, -0.1) is 11.3 Å². The molecule has 0 fully saturated rings. The second-order valence-corrected chi connectivity index (χ2v) is 9.24. The molecule has 20 heavy (non-hydrogen) atoms. The van der Waals surface area contributed by atoms with Crippen molar-refractivity contribution in [3.8, 4) is 0 Å². The highest BCUT2D eigenvalue weighted by Gasteiger charge is 2.32. The van der Waals surface area contributed by atoms with Crippen LogP contribution < -0.4 is 4.72 Å². The maximum atomic E-state index is 12.5. The van der Waals surface area contributed by atoms with Gasteiger partial charge >= 0.3 is 0 Å². The summed E-state index contributed by atoms with van der Waals surface area (Å²) >= 11 is 1.08. The highest BCUT2D eigenvalue weighted by Crippen LogP contribution is 2.31. The molecule has 0 bridgehead atoms. The Bertz CT molecular complexity index is 745. The van der Waals surface area contributed by atoms with Gasteiger partial charge in [-0.2, -0.15) is 0 Å². The molecule has 2 heterocycles. The molecule has 0 saturated carbocycles. The topological polar surface area (TPSA) is 93.4 Å². The van der Waals surface area contributed by atoms with Gasteiger partial charge in [-0.1, -0.05) is 6.07 Å². The standard InChI is InChI=1S/C11H13NO5S3/c1-19(13,14)12-8-10(9-4-2-6-17-9)20(15,16)11-5-3-7-18-11/h2-7,10,12H,8H2,1H3. The second-order valence-electron chi connectivity index (χ2n) is 4.10. The number of hydrogen-bond acceptors (Lipinski definition) is 6. The zero-order chi connectivity index (χ0) is 14.8. The van der Waals surface area contributed by atoms with E-state index in [-0.39, 0.29) is 16.5 Å². The third-order valence-corrected chi connectivity index (χ3v) is 6.72. The highest BCUT2D eigenvalue weighted by atomic mass is 32.2. The Morgan fingerprint density at radius 1 is 1.25 bits per heavy atom. The Morgan fingerprint density at radius 3 is 2.50 bits per heavy atom. The molecule has 2 rings (SSSR count). The van der Waals surface area contributed by atoms with E-state index in [9.17, 15) is 16.8 Å². The van der Waals surface area contributed by atoms with Crippen molar-refractivity contribution in [1.29, 1.82) is 0 Å². The molecule has 0 amide bonds. The molecule has 1 atom stereocenters. The number of thiophene rings is 1. The Morgan fingerprint density at radius 2 is 2.00 bits per heavy atom. The fraction of sp³-hybridized carbons (Fsp3) is 0.273. The average Bonchev–Trinajstić information content (AvgIpc) is 3.00. The molecule has 110 valence electrons. The van der Waals surface area contributed by atoms with E-state index in [1.807, 2.05) is 0 Å². The van der Waals surface area contributed by atoms with Crippen molar-refractivity contribution in [2.24, 2.45) is 0 Å². The van der Waals surface area contributed by atoms with Crippen LogP contribution in [0.15, 0.2) is 44.5 Å². The SMILES string of the molecule is CS(=O)(=O)NCC(c1ccco1)S(=O)(=O)c1cccs1. The van der Waals surface area contributed by atoms with Crippen LogP contribution in [0.3, 0.4) is 0 Å². The van der Waals surface area contributed by atoms with Crippen molar-refractivity contribution in [3.05, 3.63) is 41.7 Å². The van der Waals surface area contributed by atoms with E-state index in [1.54, 1.807) is 17.5 Å². The van der Waals surface area contributed by atoms with Crippen molar-refractivity contribution in [1.82, 2.24) is 4.72 Å². The molecule has 1 N–H and O–H groups in total. The number of nitrogens with one attached hydrogen (secondary N) is 1. The van der Waals surface area contributed by atoms with E-state index < -0.39 is 25.1 Å². The van der Waals surface area contributed by atoms with Crippen molar-refractivity contribution >= 4 is 31.2 Å². The first kappa shape index (κ1) is 15.2. The van der Waals surface area contributed by atoms with Gasteiger partial charge in [-0.05, 0) is 23.6 Å². The Kier molecular flexibility index (Phi) is 4.33. The van der Waals surface area contributed by atoms with E-state index in [0.29, 0.717) is 0 Å². The average molecular weight is 335 g/mol. The lowest BCUT2D eigenvalue weighted by molar-refractivity contribution is 0.487. The number of sulfonamides is 1. The minimum atomic E-state index is -3.71. The normalized spacial score (nSPS) is 14.2. The second kappa shape index (κ2) is 5.68. The zero-order valence-corrected chi connectivity index (χ0v) is 13.0. The molecule has 0 radical (unpaired) electrons. The Balaban J connectivity index is 2.37. The van der Waals surface area contributed by atoms with Crippen molar-refractivity contribution in [2.75, 3.05) is 12.8 Å². The van der Waals surface area contributed by atoms with Gasteiger partial charge in [-0.3, -0.25) is 0 Å². The summed E-state index contributed by atoms with van der Waals surface area (Å²) in [7, 11) is -7.20. The van der Waals surface area contributed by atoms with E-state index in [4.69, 9.17) is 4.42 Å². The van der Waals surface area contributed by atoms with Crippen LogP contribution in [0.5, 0.6) is 0 Å². The summed E-state index contributed by atoms with van der Waals surface area (Å²) < 4.78 is 54.9. The maximum Gasteiger partial charge on any atom is 0.208 e. The fourth-order valence-electron chi connectivity index (χ4n) is 1.63. The van der Waals surface area contributed by atoms with Gasteiger partial charge < -0.3 is 4.42 Å². The molecule has 0 aromatic carbocycles. The molecule has 6 nitrogen and oxygen atoms in total. The molecule has 2 aromatic heterocycles. The molecule has 0 aliphatic rings. The quantitative estimate of drug-likeness (QED) is 0.861. The van der Waals surface area contributed by atoms with Gasteiger partial charge in [0.05, 0.1) is 12.5 Å². The van der Waals surface area contributed by atoms with Crippen LogP contribution in [0.2, 0.25) is 0 Å². The first-order valence-corrected chi connectivity index (χ1v) is 9.88. The molecule has 0 aliphatic carbocycles. The summed E-state index contributed by atoms with van der Waals surface area (Å²) in [4.78, 5) is 0. The largest absolute Gasteiger partial charge is 0.468 e. The number of rotatable bonds is 6. The number of sulfone groups is 1. The van der Waals surface area contributed by atoms with Gasteiger partial charge in [-0.25, -0.2) is 21.6 Å². The van der Waals surface area contributed by atoms with Crippen LogP contribution in [0.25, 0.3) is 0 Å². The van der Waals surface area contributed by atoms with Gasteiger partial charge in [0.1, 0.15) is 15.2 Å². The number of hydrogen-bond donors (Lipinski definition) is 1. The smallest absolute Gasteiger partial charge is 0.208 e. The molecule has 0 spiro atoms. The van der Waals surface area contributed by atoms with E-state index in [1.165, 1.54) is 18.4 Å². The van der Waals surface area contributed by atoms with E-state index >= 15 is 0 Å². The predicted octanol–water partition coefficient (Wildman–Crippen LogP) is 1.41. The summed E-state index contributed by atoms with van der Waals surface area (Å²) in [6.07, 6.45) is 2.33. The molecule has 1 unspecified atom stereocenters. The number of furan rings is 1. The lowest BCUT2D eigenvalue weighted by atomic mass is 10.3. The van der Waals surface area contributed by atoms with Crippen LogP contribution in [-0.2, 0) is 19.9 Å². The Hall–Kier alpha value is -1.16. The van der Waals surface area contributed by atoms with Crippen LogP contribution in [0.1, 0.15) is 11.0 Å². The molecular weight excluding hydrogens is 322 g/mol. The van der Waals surface area contributed by atoms with Crippen molar-refractivity contribution in [2.45, 2.75) is 9.46 Å². The van der Waals surface area contributed by atoms with Gasteiger partial charge in [0.2, 0.25) is 10.0 Å².